The molecule has 8 heteroatoms. The quantitative estimate of drug-likeness (QED) is 0.391. The van der Waals surface area contributed by atoms with Gasteiger partial charge < -0.3 is 14.8 Å². The first-order chi connectivity index (χ1) is 16.4. The monoisotopic (exact) mass is 538 g/mol. The number of fused-ring (bicyclic) bond motifs is 4. The van der Waals surface area contributed by atoms with Crippen LogP contribution in [-0.4, -0.2) is 15.2 Å². The van der Waals surface area contributed by atoms with Gasteiger partial charge in [0.1, 0.15) is 0 Å². The highest BCUT2D eigenvalue weighted by molar-refractivity contribution is 9.10. The maximum atomic E-state index is 13.1. The minimum atomic E-state index is -3.71. The molecule has 0 aromatic heterocycles. The van der Waals surface area contributed by atoms with E-state index >= 15 is 0 Å². The topological polar surface area (TPSA) is 76.7 Å². The average molecular weight is 539 g/mol. The number of benzene rings is 3. The van der Waals surface area contributed by atoms with Crippen molar-refractivity contribution >= 4 is 37.3 Å². The van der Waals surface area contributed by atoms with Crippen molar-refractivity contribution in [1.29, 1.82) is 0 Å². The number of anilines is 2. The van der Waals surface area contributed by atoms with Gasteiger partial charge >= 0.3 is 0 Å². The van der Waals surface area contributed by atoms with E-state index < -0.39 is 10.0 Å². The van der Waals surface area contributed by atoms with Gasteiger partial charge in [-0.1, -0.05) is 45.8 Å². The van der Waals surface area contributed by atoms with Crippen molar-refractivity contribution in [3.05, 3.63) is 87.9 Å². The van der Waals surface area contributed by atoms with Gasteiger partial charge in [0.25, 0.3) is 10.0 Å². The van der Waals surface area contributed by atoms with Crippen LogP contribution in [0.1, 0.15) is 35.1 Å². The summed E-state index contributed by atoms with van der Waals surface area (Å²) in [6, 6.07) is 16.7. The van der Waals surface area contributed by atoms with E-state index in [1.165, 1.54) is 0 Å². The maximum Gasteiger partial charge on any atom is 0.261 e. The molecule has 2 heterocycles. The SMILES string of the molecule is Cc1ccc(NS(=O)(=O)c2ccc3c(c2)[C@H]2C=CC[C@H]2[C@@H](c2cc4c(cc2Br)OCO4)N3)cc1. The molecule has 6 nitrogen and oxygen atoms in total. The summed E-state index contributed by atoms with van der Waals surface area (Å²) in [5, 5.41) is 3.67. The molecule has 1 aliphatic carbocycles. The molecule has 3 atom stereocenters. The largest absolute Gasteiger partial charge is 0.454 e. The fourth-order valence-electron chi connectivity index (χ4n) is 5.05. The van der Waals surface area contributed by atoms with Crippen LogP contribution in [0.5, 0.6) is 11.5 Å². The van der Waals surface area contributed by atoms with Crippen molar-refractivity contribution < 1.29 is 17.9 Å². The lowest BCUT2D eigenvalue weighted by molar-refractivity contribution is 0.174. The minimum Gasteiger partial charge on any atom is -0.454 e. The molecule has 0 unspecified atom stereocenters. The smallest absolute Gasteiger partial charge is 0.261 e. The number of hydrogen-bond donors (Lipinski definition) is 2. The van der Waals surface area contributed by atoms with Crippen LogP contribution < -0.4 is 19.5 Å². The van der Waals surface area contributed by atoms with E-state index in [0.717, 1.165) is 44.8 Å². The molecule has 0 saturated carbocycles. The van der Waals surface area contributed by atoms with Gasteiger partial charge in [-0.05, 0) is 72.9 Å². The number of ether oxygens (including phenoxy) is 2. The van der Waals surface area contributed by atoms with Crippen LogP contribution in [0, 0.1) is 12.8 Å². The summed E-state index contributed by atoms with van der Waals surface area (Å²) in [7, 11) is -3.71. The van der Waals surface area contributed by atoms with Crippen molar-refractivity contribution in [2.75, 3.05) is 16.8 Å². The Kier molecular flexibility index (Phi) is 5.11. The van der Waals surface area contributed by atoms with Crippen LogP contribution in [0.3, 0.4) is 0 Å². The van der Waals surface area contributed by atoms with E-state index in [0.29, 0.717) is 5.69 Å². The van der Waals surface area contributed by atoms with Crippen LogP contribution >= 0.6 is 15.9 Å². The minimum absolute atomic E-state index is 0.0458. The lowest BCUT2D eigenvalue weighted by Gasteiger charge is -2.38. The number of halogens is 1. The fraction of sp³-hybridized carbons (Fsp3) is 0.231. The molecule has 3 aromatic carbocycles. The van der Waals surface area contributed by atoms with Crippen LogP contribution in [-0.2, 0) is 10.0 Å². The van der Waals surface area contributed by atoms with Crippen LogP contribution in [0.15, 0.2) is 76.1 Å². The zero-order valence-corrected chi connectivity index (χ0v) is 20.8. The van der Waals surface area contributed by atoms with Gasteiger partial charge in [0.2, 0.25) is 6.79 Å². The Labute approximate surface area is 207 Å². The van der Waals surface area contributed by atoms with E-state index in [1.807, 2.05) is 37.3 Å². The van der Waals surface area contributed by atoms with Crippen molar-refractivity contribution in [2.45, 2.75) is 30.2 Å². The molecule has 0 saturated heterocycles. The summed E-state index contributed by atoms with van der Waals surface area (Å²) in [6.07, 6.45) is 5.29. The average Bonchev–Trinajstić information content (AvgIpc) is 3.48. The van der Waals surface area contributed by atoms with Gasteiger partial charge in [0.05, 0.1) is 10.9 Å². The molecule has 3 aliphatic rings. The molecular formula is C26H23BrN2O4S. The Bertz CT molecular complexity index is 1420. The molecule has 0 fully saturated rings. The predicted octanol–water partition coefficient (Wildman–Crippen LogP) is 6.11. The second kappa shape index (κ2) is 8.06. The summed E-state index contributed by atoms with van der Waals surface area (Å²) >= 11 is 3.71. The number of sulfonamides is 1. The van der Waals surface area contributed by atoms with Crippen molar-refractivity contribution in [1.82, 2.24) is 0 Å². The predicted molar refractivity (Wildman–Crippen MR) is 135 cm³/mol. The number of aryl methyl sites for hydroxylation is 1. The van der Waals surface area contributed by atoms with E-state index in [4.69, 9.17) is 9.47 Å². The number of nitrogens with one attached hydrogen (secondary N) is 2. The van der Waals surface area contributed by atoms with Gasteiger partial charge in [-0.15, -0.1) is 0 Å². The lowest BCUT2D eigenvalue weighted by atomic mass is 9.77. The zero-order chi connectivity index (χ0) is 23.4. The first-order valence-corrected chi connectivity index (χ1v) is 13.4. The molecule has 0 bridgehead atoms. The van der Waals surface area contributed by atoms with E-state index in [1.54, 1.807) is 24.3 Å². The van der Waals surface area contributed by atoms with Gasteiger partial charge in [-0.25, -0.2) is 8.42 Å². The molecule has 0 radical (unpaired) electrons. The Morgan fingerprint density at radius 2 is 1.76 bits per heavy atom. The molecular weight excluding hydrogens is 516 g/mol. The van der Waals surface area contributed by atoms with Crippen LogP contribution in [0.25, 0.3) is 0 Å². The number of hydrogen-bond acceptors (Lipinski definition) is 5. The second-order valence-corrected chi connectivity index (χ2v) is 11.5. The first kappa shape index (κ1) is 21.6. The lowest BCUT2D eigenvalue weighted by Crippen LogP contribution is -2.29. The van der Waals surface area contributed by atoms with Crippen molar-refractivity contribution in [2.24, 2.45) is 5.92 Å². The Balaban J connectivity index is 1.35. The summed E-state index contributed by atoms with van der Waals surface area (Å²) in [4.78, 5) is 0.260. The Hall–Kier alpha value is -2.97. The zero-order valence-electron chi connectivity index (χ0n) is 18.4. The van der Waals surface area contributed by atoms with E-state index in [9.17, 15) is 8.42 Å². The van der Waals surface area contributed by atoms with E-state index in [2.05, 4.69) is 38.1 Å². The third-order valence-corrected chi connectivity index (χ3v) is 8.84. The van der Waals surface area contributed by atoms with Gasteiger partial charge in [-0.2, -0.15) is 0 Å². The van der Waals surface area contributed by atoms with Crippen LogP contribution in [0.2, 0.25) is 0 Å². The normalized spacial score (nSPS) is 22.1. The van der Waals surface area contributed by atoms with Gasteiger partial charge in [0, 0.05) is 21.8 Å². The standard InChI is InChI=1S/C26H23BrN2O4S/c1-15-5-7-16(8-6-15)29-34(30,31)17-9-10-23-20(11-17)18-3-2-4-19(18)26(28-23)21-12-24-25(13-22(21)27)33-14-32-24/h2-3,5-13,18-19,26,28-29H,4,14H2,1H3/t18-,19+,26-/m0/s1. The summed E-state index contributed by atoms with van der Waals surface area (Å²) in [5.74, 6) is 1.86. The summed E-state index contributed by atoms with van der Waals surface area (Å²) in [6.45, 7) is 2.20. The molecule has 2 aliphatic heterocycles. The van der Waals surface area contributed by atoms with Gasteiger partial charge in [-0.3, -0.25) is 4.72 Å². The molecule has 34 heavy (non-hydrogen) atoms. The third kappa shape index (κ3) is 3.65. The Morgan fingerprint density at radius 3 is 2.56 bits per heavy atom. The van der Waals surface area contributed by atoms with Gasteiger partial charge in [0.15, 0.2) is 11.5 Å². The Morgan fingerprint density at radius 1 is 1.00 bits per heavy atom. The summed E-state index contributed by atoms with van der Waals surface area (Å²) < 4.78 is 41.0. The highest BCUT2D eigenvalue weighted by Gasteiger charge is 2.39. The molecule has 0 spiro atoms. The van der Waals surface area contributed by atoms with Crippen molar-refractivity contribution in [3.63, 3.8) is 0 Å². The highest BCUT2D eigenvalue weighted by Crippen LogP contribution is 2.52. The third-order valence-electron chi connectivity index (χ3n) is 6.78. The maximum absolute atomic E-state index is 13.1. The van der Waals surface area contributed by atoms with E-state index in [-0.39, 0.29) is 29.6 Å². The first-order valence-electron chi connectivity index (χ1n) is 11.1. The molecule has 2 N–H and O–H groups in total. The highest BCUT2D eigenvalue weighted by atomic mass is 79.9. The molecule has 6 rings (SSSR count). The number of allylic oxidation sites excluding steroid dienone is 2. The molecule has 174 valence electrons. The summed E-state index contributed by atoms with van der Waals surface area (Å²) in [5.41, 5.74) is 4.67. The molecule has 0 amide bonds. The molecule has 3 aromatic rings. The second-order valence-electron chi connectivity index (χ2n) is 8.92. The van der Waals surface area contributed by atoms with Crippen molar-refractivity contribution in [3.8, 4) is 11.5 Å². The fourth-order valence-corrected chi connectivity index (χ4v) is 6.72. The van der Waals surface area contributed by atoms with Crippen LogP contribution in [0.4, 0.5) is 11.4 Å². The number of rotatable bonds is 4.